The summed E-state index contributed by atoms with van der Waals surface area (Å²) < 4.78 is 0. The van der Waals surface area contributed by atoms with Crippen LogP contribution >= 0.6 is 0 Å². The Hall–Kier alpha value is -0.780. The van der Waals surface area contributed by atoms with Gasteiger partial charge in [-0.3, -0.25) is 0 Å². The van der Waals surface area contributed by atoms with E-state index in [-0.39, 0.29) is 0 Å². The molecule has 0 saturated heterocycles. The second kappa shape index (κ2) is 4.13. The van der Waals surface area contributed by atoms with E-state index >= 15 is 0 Å². The summed E-state index contributed by atoms with van der Waals surface area (Å²) >= 11 is 0. The van der Waals surface area contributed by atoms with Gasteiger partial charge in [0, 0.05) is 5.92 Å². The van der Waals surface area contributed by atoms with Crippen LogP contribution in [0.4, 0.5) is 0 Å². The van der Waals surface area contributed by atoms with Gasteiger partial charge >= 0.3 is 0 Å². The minimum atomic E-state index is 0.874. The molecule has 0 aromatic carbocycles. The summed E-state index contributed by atoms with van der Waals surface area (Å²) in [5.74, 6) is 1.17. The van der Waals surface area contributed by atoms with Gasteiger partial charge in [-0.05, 0) is 13.3 Å². The highest BCUT2D eigenvalue weighted by Crippen LogP contribution is 2.16. The maximum Gasteiger partial charge on any atom is 0.0248 e. The Morgan fingerprint density at radius 3 is 2.11 bits per heavy atom. The van der Waals surface area contributed by atoms with Gasteiger partial charge in [0.2, 0.25) is 0 Å². The number of hydrogen-bond donors (Lipinski definition) is 0. The second-order valence-corrected chi connectivity index (χ2v) is 2.00. The summed E-state index contributed by atoms with van der Waals surface area (Å²) in [4.78, 5) is 0. The van der Waals surface area contributed by atoms with Gasteiger partial charge in [-0.15, -0.1) is 13.2 Å². The van der Waals surface area contributed by atoms with Gasteiger partial charge in [-0.1, -0.05) is 24.3 Å². The van der Waals surface area contributed by atoms with Crippen LogP contribution in [0, 0.1) is 5.92 Å². The minimum absolute atomic E-state index is 0.874. The molecule has 1 radical (unpaired) electrons. The van der Waals surface area contributed by atoms with Crippen molar-refractivity contribution in [2.24, 2.45) is 0 Å². The molecule has 0 fully saturated rings. The van der Waals surface area contributed by atoms with Gasteiger partial charge in [-0.25, -0.2) is 0 Å². The van der Waals surface area contributed by atoms with E-state index in [0.717, 1.165) is 12.0 Å². The highest BCUT2D eigenvalue weighted by atomic mass is 14.0. The van der Waals surface area contributed by atoms with Crippen molar-refractivity contribution in [1.29, 1.82) is 0 Å². The molecule has 0 heterocycles. The van der Waals surface area contributed by atoms with E-state index in [4.69, 9.17) is 0 Å². The van der Waals surface area contributed by atoms with Crippen LogP contribution in [0.15, 0.2) is 37.5 Å². The standard InChI is InChI=1S/C9H13/c1-5-7-9(6-2)8(3)4/h5-6H,1-3,7H2,4H3. The Morgan fingerprint density at radius 1 is 1.44 bits per heavy atom. The van der Waals surface area contributed by atoms with E-state index in [1.165, 1.54) is 5.92 Å². The Balaban J connectivity index is 3.81. The Bertz CT molecular complexity index is 120. The quantitative estimate of drug-likeness (QED) is 0.502. The summed E-state index contributed by atoms with van der Waals surface area (Å²) in [5.41, 5.74) is 1.07. The van der Waals surface area contributed by atoms with Crippen molar-refractivity contribution in [1.82, 2.24) is 0 Å². The van der Waals surface area contributed by atoms with E-state index in [9.17, 15) is 0 Å². The zero-order chi connectivity index (χ0) is 7.28. The van der Waals surface area contributed by atoms with Gasteiger partial charge in [0.25, 0.3) is 0 Å². The molecule has 0 atom stereocenters. The Kier molecular flexibility index (Phi) is 3.78. The van der Waals surface area contributed by atoms with Gasteiger partial charge < -0.3 is 0 Å². The van der Waals surface area contributed by atoms with Crippen LogP contribution in [0.3, 0.4) is 0 Å². The van der Waals surface area contributed by atoms with Crippen molar-refractivity contribution < 1.29 is 0 Å². The third-order valence-electron chi connectivity index (χ3n) is 1.16. The summed E-state index contributed by atoms with van der Waals surface area (Å²) in [5, 5.41) is 0. The molecule has 49 valence electrons. The SMILES string of the molecule is C=CC[C](C=C)C(=C)C. The average Bonchev–Trinajstić information content (AvgIpc) is 1.82. The summed E-state index contributed by atoms with van der Waals surface area (Å²) in [6.45, 7) is 13.0. The molecule has 0 nitrogen and oxygen atoms in total. The van der Waals surface area contributed by atoms with Crippen molar-refractivity contribution in [2.75, 3.05) is 0 Å². The summed E-state index contributed by atoms with van der Waals surface area (Å²) in [6, 6.07) is 0. The molecule has 0 aliphatic carbocycles. The van der Waals surface area contributed by atoms with E-state index in [0.29, 0.717) is 0 Å². The van der Waals surface area contributed by atoms with Crippen molar-refractivity contribution >= 4 is 0 Å². The lowest BCUT2D eigenvalue weighted by molar-refractivity contribution is 1.09. The van der Waals surface area contributed by atoms with Crippen LogP contribution in [0.5, 0.6) is 0 Å². The molecule has 0 rings (SSSR count). The molecule has 0 aromatic heterocycles. The molecule has 0 amide bonds. The predicted octanol–water partition coefficient (Wildman–Crippen LogP) is 2.90. The fraction of sp³-hybridized carbons (Fsp3) is 0.222. The van der Waals surface area contributed by atoms with Gasteiger partial charge in [0.05, 0.1) is 0 Å². The third-order valence-corrected chi connectivity index (χ3v) is 1.16. The van der Waals surface area contributed by atoms with Crippen molar-refractivity contribution in [3.63, 3.8) is 0 Å². The fourth-order valence-electron chi connectivity index (χ4n) is 0.587. The molecular weight excluding hydrogens is 108 g/mol. The van der Waals surface area contributed by atoms with Gasteiger partial charge in [-0.2, -0.15) is 0 Å². The molecule has 0 saturated carbocycles. The second-order valence-electron chi connectivity index (χ2n) is 2.00. The molecule has 0 spiro atoms. The zero-order valence-corrected chi connectivity index (χ0v) is 5.98. The molecule has 0 aliphatic rings. The topological polar surface area (TPSA) is 0 Å². The lowest BCUT2D eigenvalue weighted by atomic mass is 9.99. The summed E-state index contributed by atoms with van der Waals surface area (Å²) in [6.07, 6.45) is 4.55. The highest BCUT2D eigenvalue weighted by Gasteiger charge is 2.00. The molecule has 0 aliphatic heterocycles. The molecular formula is C9H13. The largest absolute Gasteiger partial charge is 0.103 e. The van der Waals surface area contributed by atoms with Crippen LogP contribution < -0.4 is 0 Å². The van der Waals surface area contributed by atoms with Crippen LogP contribution in [0.1, 0.15) is 13.3 Å². The predicted molar refractivity (Wildman–Crippen MR) is 43.1 cm³/mol. The maximum atomic E-state index is 3.79. The average molecular weight is 121 g/mol. The van der Waals surface area contributed by atoms with Crippen LogP contribution in [0.2, 0.25) is 0 Å². The number of hydrogen-bond acceptors (Lipinski definition) is 0. The summed E-state index contributed by atoms with van der Waals surface area (Å²) in [7, 11) is 0. The zero-order valence-electron chi connectivity index (χ0n) is 5.98. The van der Waals surface area contributed by atoms with Crippen LogP contribution in [-0.2, 0) is 0 Å². The number of allylic oxidation sites excluding steroid dienone is 3. The van der Waals surface area contributed by atoms with Crippen molar-refractivity contribution in [3.8, 4) is 0 Å². The van der Waals surface area contributed by atoms with Gasteiger partial charge in [0.1, 0.15) is 0 Å². The molecule has 0 unspecified atom stereocenters. The minimum Gasteiger partial charge on any atom is -0.103 e. The first-order valence-electron chi connectivity index (χ1n) is 2.97. The van der Waals surface area contributed by atoms with E-state index in [1.54, 1.807) is 0 Å². The molecule has 0 heteroatoms. The first-order valence-corrected chi connectivity index (χ1v) is 2.97. The lowest BCUT2D eigenvalue weighted by Gasteiger charge is -2.05. The molecule has 0 aromatic rings. The van der Waals surface area contributed by atoms with Gasteiger partial charge in [0.15, 0.2) is 0 Å². The normalized spacial score (nSPS) is 9.11. The smallest absolute Gasteiger partial charge is 0.0248 e. The molecule has 0 N–H and O–H groups in total. The monoisotopic (exact) mass is 121 g/mol. The highest BCUT2D eigenvalue weighted by molar-refractivity contribution is 5.28. The van der Waals surface area contributed by atoms with E-state index < -0.39 is 0 Å². The van der Waals surface area contributed by atoms with Crippen LogP contribution in [0.25, 0.3) is 0 Å². The molecule has 0 bridgehead atoms. The van der Waals surface area contributed by atoms with Crippen molar-refractivity contribution in [3.05, 3.63) is 43.4 Å². The Morgan fingerprint density at radius 2 is 2.00 bits per heavy atom. The first-order chi connectivity index (χ1) is 4.22. The Labute approximate surface area is 57.6 Å². The molecule has 9 heavy (non-hydrogen) atoms. The van der Waals surface area contributed by atoms with E-state index in [1.807, 2.05) is 19.1 Å². The first kappa shape index (κ1) is 8.22. The van der Waals surface area contributed by atoms with E-state index in [2.05, 4.69) is 19.7 Å². The van der Waals surface area contributed by atoms with Crippen LogP contribution in [-0.4, -0.2) is 0 Å². The third kappa shape index (κ3) is 2.91. The fourth-order valence-corrected chi connectivity index (χ4v) is 0.587. The van der Waals surface area contributed by atoms with Crippen molar-refractivity contribution in [2.45, 2.75) is 13.3 Å². The lowest BCUT2D eigenvalue weighted by Crippen LogP contribution is -1.90. The maximum absolute atomic E-state index is 3.79. The number of rotatable bonds is 4.